The van der Waals surface area contributed by atoms with Gasteiger partial charge < -0.3 is 10.3 Å². The summed E-state index contributed by atoms with van der Waals surface area (Å²) in [6.07, 6.45) is 8.38. The van der Waals surface area contributed by atoms with Gasteiger partial charge >= 0.3 is 0 Å². The number of amides is 1. The summed E-state index contributed by atoms with van der Waals surface area (Å²) in [7, 11) is 0. The highest BCUT2D eigenvalue weighted by Gasteiger charge is 2.14. The van der Waals surface area contributed by atoms with Crippen molar-refractivity contribution in [3.8, 4) is 33.6 Å². The maximum Gasteiger partial charge on any atom is 0.224 e. The molecule has 0 unspecified atom stereocenters. The molecule has 0 aliphatic heterocycles. The van der Waals surface area contributed by atoms with E-state index in [1.165, 1.54) is 0 Å². The van der Waals surface area contributed by atoms with Crippen LogP contribution in [0.1, 0.15) is 19.8 Å². The molecule has 0 atom stereocenters. The molecule has 0 radical (unpaired) electrons. The first kappa shape index (κ1) is 21.7. The molecule has 6 rings (SSSR count). The Labute approximate surface area is 207 Å². The summed E-state index contributed by atoms with van der Waals surface area (Å²) in [4.78, 5) is 24.1. The van der Waals surface area contributed by atoms with Crippen molar-refractivity contribution in [2.45, 2.75) is 19.8 Å². The number of nitrogens with one attached hydrogen (secondary N) is 3. The van der Waals surface area contributed by atoms with Gasteiger partial charge in [0.15, 0.2) is 0 Å². The molecular weight excluding hydrogens is 448 g/mol. The summed E-state index contributed by atoms with van der Waals surface area (Å²) in [6.45, 7) is 1.99. The van der Waals surface area contributed by atoms with Gasteiger partial charge in [0.1, 0.15) is 5.69 Å². The molecule has 0 spiro atoms. The van der Waals surface area contributed by atoms with Crippen LogP contribution in [-0.2, 0) is 4.79 Å². The molecule has 1 amide bonds. The first-order chi connectivity index (χ1) is 17.7. The molecule has 7 nitrogen and oxygen atoms in total. The number of hydrogen-bond donors (Lipinski definition) is 3. The number of carbonyl (C=O) groups excluding carboxylic acids is 1. The Morgan fingerprint density at radius 3 is 2.61 bits per heavy atom. The predicted octanol–water partition coefficient (Wildman–Crippen LogP) is 6.57. The van der Waals surface area contributed by atoms with Crippen LogP contribution in [0.25, 0.3) is 55.4 Å². The monoisotopic (exact) mass is 472 g/mol. The highest BCUT2D eigenvalue weighted by Crippen LogP contribution is 2.35. The first-order valence-electron chi connectivity index (χ1n) is 12.0. The van der Waals surface area contributed by atoms with Gasteiger partial charge in [-0.3, -0.25) is 19.9 Å². The fourth-order valence-electron chi connectivity index (χ4n) is 4.58. The molecule has 7 heteroatoms. The Kier molecular flexibility index (Phi) is 5.50. The van der Waals surface area contributed by atoms with Crippen molar-refractivity contribution in [1.82, 2.24) is 25.1 Å². The van der Waals surface area contributed by atoms with E-state index in [-0.39, 0.29) is 5.91 Å². The van der Waals surface area contributed by atoms with E-state index in [4.69, 9.17) is 0 Å². The van der Waals surface area contributed by atoms with Crippen molar-refractivity contribution < 1.29 is 4.79 Å². The Hall–Kier alpha value is -4.78. The van der Waals surface area contributed by atoms with Crippen LogP contribution < -0.4 is 5.32 Å². The van der Waals surface area contributed by atoms with Crippen LogP contribution in [-0.4, -0.2) is 31.1 Å². The lowest BCUT2D eigenvalue weighted by molar-refractivity contribution is -0.116. The van der Waals surface area contributed by atoms with E-state index in [9.17, 15) is 4.79 Å². The van der Waals surface area contributed by atoms with Crippen molar-refractivity contribution in [2.75, 3.05) is 5.32 Å². The molecule has 176 valence electrons. The fourth-order valence-corrected chi connectivity index (χ4v) is 4.58. The van der Waals surface area contributed by atoms with Crippen molar-refractivity contribution in [3.05, 3.63) is 85.5 Å². The molecule has 0 bridgehead atoms. The van der Waals surface area contributed by atoms with E-state index in [2.05, 4.69) is 60.8 Å². The number of H-pyrrole nitrogens is 2. The number of anilines is 1. The summed E-state index contributed by atoms with van der Waals surface area (Å²) < 4.78 is 0. The zero-order chi connectivity index (χ0) is 24.5. The van der Waals surface area contributed by atoms with E-state index in [1.807, 2.05) is 49.6 Å². The number of hydrogen-bond acceptors (Lipinski definition) is 4. The van der Waals surface area contributed by atoms with E-state index >= 15 is 0 Å². The molecule has 6 aromatic rings. The molecule has 0 aliphatic rings. The smallest absolute Gasteiger partial charge is 0.224 e. The van der Waals surface area contributed by atoms with Crippen LogP contribution in [0.2, 0.25) is 0 Å². The molecule has 2 aromatic carbocycles. The molecule has 3 N–H and O–H groups in total. The van der Waals surface area contributed by atoms with Crippen molar-refractivity contribution in [2.24, 2.45) is 0 Å². The van der Waals surface area contributed by atoms with Crippen LogP contribution in [0, 0.1) is 0 Å². The van der Waals surface area contributed by atoms with Crippen LogP contribution in [0.15, 0.2) is 85.5 Å². The minimum absolute atomic E-state index is 0.00558. The lowest BCUT2D eigenvalue weighted by Crippen LogP contribution is -2.10. The standard InChI is InChI=1S/C29H24N6O/c1-2-4-28(36)32-21-13-20(16-31-17-21)19-7-8-26-24(14-19)29(35-34-26)27-15-23-22(5-3-6-25(23)33-27)18-9-11-30-12-10-18/h3,5-17,33H,2,4H2,1H3,(H,32,36)(H,34,35). The van der Waals surface area contributed by atoms with Gasteiger partial charge in [-0.1, -0.05) is 25.1 Å². The number of aromatic nitrogens is 5. The lowest BCUT2D eigenvalue weighted by Gasteiger charge is -2.07. The van der Waals surface area contributed by atoms with Crippen molar-refractivity contribution in [3.63, 3.8) is 0 Å². The molecule has 0 saturated heterocycles. The highest BCUT2D eigenvalue weighted by molar-refractivity contribution is 6.02. The second-order valence-electron chi connectivity index (χ2n) is 8.78. The summed E-state index contributed by atoms with van der Waals surface area (Å²) in [6, 6.07) is 20.6. The van der Waals surface area contributed by atoms with Gasteiger partial charge in [0.05, 0.1) is 23.1 Å². The lowest BCUT2D eigenvalue weighted by atomic mass is 10.0. The van der Waals surface area contributed by atoms with Gasteiger partial charge in [-0.2, -0.15) is 5.10 Å². The van der Waals surface area contributed by atoms with Crippen LogP contribution in [0.5, 0.6) is 0 Å². The van der Waals surface area contributed by atoms with Gasteiger partial charge in [0.2, 0.25) is 5.91 Å². The van der Waals surface area contributed by atoms with E-state index < -0.39 is 0 Å². The van der Waals surface area contributed by atoms with Gasteiger partial charge in [0.25, 0.3) is 0 Å². The zero-order valence-electron chi connectivity index (χ0n) is 19.7. The second kappa shape index (κ2) is 9.11. The second-order valence-corrected chi connectivity index (χ2v) is 8.78. The van der Waals surface area contributed by atoms with E-state index in [0.717, 1.165) is 61.9 Å². The zero-order valence-corrected chi connectivity index (χ0v) is 19.7. The third kappa shape index (κ3) is 4.01. The summed E-state index contributed by atoms with van der Waals surface area (Å²) in [5.41, 5.74) is 8.66. The quantitative estimate of drug-likeness (QED) is 0.255. The van der Waals surface area contributed by atoms with Gasteiger partial charge in [-0.15, -0.1) is 0 Å². The summed E-state index contributed by atoms with van der Waals surface area (Å²) >= 11 is 0. The molecule has 4 aromatic heterocycles. The Bertz CT molecular complexity index is 1700. The summed E-state index contributed by atoms with van der Waals surface area (Å²) in [5, 5.41) is 12.9. The maximum atomic E-state index is 12.0. The van der Waals surface area contributed by atoms with Gasteiger partial charge in [-0.05, 0) is 65.6 Å². The Balaban J connectivity index is 1.40. The maximum absolute atomic E-state index is 12.0. The molecule has 4 heterocycles. The summed E-state index contributed by atoms with van der Waals surface area (Å²) in [5.74, 6) is -0.00558. The van der Waals surface area contributed by atoms with Crippen LogP contribution in [0.4, 0.5) is 5.69 Å². The molecule has 36 heavy (non-hydrogen) atoms. The third-order valence-corrected chi connectivity index (χ3v) is 6.31. The number of carbonyl (C=O) groups is 1. The van der Waals surface area contributed by atoms with E-state index in [1.54, 1.807) is 12.4 Å². The number of rotatable bonds is 6. The van der Waals surface area contributed by atoms with Gasteiger partial charge in [0, 0.05) is 46.9 Å². The minimum Gasteiger partial charge on any atom is -0.353 e. The van der Waals surface area contributed by atoms with Crippen LogP contribution >= 0.6 is 0 Å². The predicted molar refractivity (Wildman–Crippen MR) is 143 cm³/mol. The highest BCUT2D eigenvalue weighted by atomic mass is 16.1. The third-order valence-electron chi connectivity index (χ3n) is 6.31. The SMILES string of the molecule is CCCC(=O)Nc1cncc(-c2ccc3[nH]nc(-c4cc5c(-c6ccncc6)cccc5[nH]4)c3c2)c1. The molecule has 0 aliphatic carbocycles. The average molecular weight is 473 g/mol. The van der Waals surface area contributed by atoms with Crippen LogP contribution in [0.3, 0.4) is 0 Å². The molecule has 0 saturated carbocycles. The van der Waals surface area contributed by atoms with Gasteiger partial charge in [-0.25, -0.2) is 0 Å². The van der Waals surface area contributed by atoms with Crippen molar-refractivity contribution >= 4 is 33.4 Å². The van der Waals surface area contributed by atoms with Crippen molar-refractivity contribution in [1.29, 1.82) is 0 Å². The number of benzene rings is 2. The largest absolute Gasteiger partial charge is 0.353 e. The normalized spacial score (nSPS) is 11.2. The number of aromatic amines is 2. The molecular formula is C29H24N6O. The molecule has 0 fully saturated rings. The topological polar surface area (TPSA) is 99.3 Å². The van der Waals surface area contributed by atoms with E-state index in [0.29, 0.717) is 12.1 Å². The number of nitrogens with zero attached hydrogens (tertiary/aromatic N) is 3. The number of pyridine rings is 2. The first-order valence-corrected chi connectivity index (χ1v) is 12.0. The Morgan fingerprint density at radius 1 is 0.861 bits per heavy atom. The number of fused-ring (bicyclic) bond motifs is 2. The Morgan fingerprint density at radius 2 is 1.75 bits per heavy atom. The fraction of sp³-hybridized carbons (Fsp3) is 0.103. The minimum atomic E-state index is -0.00558. The average Bonchev–Trinajstić information content (AvgIpc) is 3.53.